The highest BCUT2D eigenvalue weighted by Gasteiger charge is 2.35. The van der Waals surface area contributed by atoms with E-state index in [1.807, 2.05) is 36.4 Å². The molecule has 34 heavy (non-hydrogen) atoms. The van der Waals surface area contributed by atoms with Crippen LogP contribution in [0.1, 0.15) is 12.0 Å². The van der Waals surface area contributed by atoms with Crippen molar-refractivity contribution in [2.75, 3.05) is 24.0 Å². The Hall–Kier alpha value is -3.23. The van der Waals surface area contributed by atoms with Gasteiger partial charge in [-0.15, -0.1) is 0 Å². The molecular weight excluding hydrogens is 522 g/mol. The van der Waals surface area contributed by atoms with Crippen LogP contribution in [0, 0.1) is 5.92 Å². The third kappa shape index (κ3) is 5.63. The van der Waals surface area contributed by atoms with Crippen molar-refractivity contribution < 1.29 is 19.1 Å². The molecule has 1 saturated heterocycles. The van der Waals surface area contributed by atoms with E-state index in [1.165, 1.54) is 0 Å². The molecule has 0 aromatic heterocycles. The summed E-state index contributed by atoms with van der Waals surface area (Å²) in [5, 5.41) is 0.649. The predicted octanol–water partition coefficient (Wildman–Crippen LogP) is 5.19. The fourth-order valence-electron chi connectivity index (χ4n) is 3.60. The molecule has 176 valence electrons. The van der Waals surface area contributed by atoms with Crippen LogP contribution >= 0.6 is 27.5 Å². The zero-order chi connectivity index (χ0) is 24.1. The van der Waals surface area contributed by atoms with E-state index in [2.05, 4.69) is 26.8 Å². The number of rotatable bonds is 8. The first-order chi connectivity index (χ1) is 16.4. The van der Waals surface area contributed by atoms with Crippen molar-refractivity contribution in [1.82, 2.24) is 5.43 Å². The third-order valence-electron chi connectivity index (χ3n) is 5.48. The van der Waals surface area contributed by atoms with Gasteiger partial charge in [0.25, 0.3) is 0 Å². The van der Waals surface area contributed by atoms with E-state index in [1.54, 1.807) is 42.3 Å². The molecule has 0 unspecified atom stereocenters. The van der Waals surface area contributed by atoms with Crippen molar-refractivity contribution in [3.63, 3.8) is 0 Å². The summed E-state index contributed by atoms with van der Waals surface area (Å²) in [4.78, 5) is 26.7. The zero-order valence-electron chi connectivity index (χ0n) is 18.4. The molecule has 0 saturated carbocycles. The number of nitrogens with one attached hydrogen (secondary N) is 2. The van der Waals surface area contributed by atoms with Crippen LogP contribution in [0.5, 0.6) is 11.5 Å². The number of hydrazine groups is 1. The zero-order valence-corrected chi connectivity index (χ0v) is 20.7. The highest BCUT2D eigenvalue weighted by Crippen LogP contribution is 2.30. The Balaban J connectivity index is 1.30. The number of ether oxygens (including phenoxy) is 2. The molecule has 1 aliphatic heterocycles. The van der Waals surface area contributed by atoms with Gasteiger partial charge in [-0.2, -0.15) is 0 Å². The van der Waals surface area contributed by atoms with Crippen LogP contribution in [-0.4, -0.2) is 25.5 Å². The van der Waals surface area contributed by atoms with E-state index >= 15 is 0 Å². The summed E-state index contributed by atoms with van der Waals surface area (Å²) in [7, 11) is 1.59. The van der Waals surface area contributed by atoms with Crippen LogP contribution < -0.4 is 25.2 Å². The Labute approximate surface area is 211 Å². The van der Waals surface area contributed by atoms with E-state index in [0.29, 0.717) is 35.4 Å². The second kappa shape index (κ2) is 10.8. The Morgan fingerprint density at radius 2 is 1.91 bits per heavy atom. The van der Waals surface area contributed by atoms with Crippen LogP contribution in [-0.2, 0) is 16.2 Å². The van der Waals surface area contributed by atoms with Gasteiger partial charge < -0.3 is 14.4 Å². The topological polar surface area (TPSA) is 79.9 Å². The number of hydrogen-bond acceptors (Lipinski definition) is 5. The normalized spacial score (nSPS) is 15.2. The lowest BCUT2D eigenvalue weighted by Gasteiger charge is -2.17. The summed E-state index contributed by atoms with van der Waals surface area (Å²) in [5.74, 6) is 0.560. The van der Waals surface area contributed by atoms with Gasteiger partial charge in [-0.05, 0) is 64.5 Å². The maximum Gasteiger partial charge on any atom is 0.243 e. The van der Waals surface area contributed by atoms with Gasteiger partial charge in [-0.25, -0.2) is 0 Å². The van der Waals surface area contributed by atoms with Gasteiger partial charge >= 0.3 is 0 Å². The van der Waals surface area contributed by atoms with Crippen molar-refractivity contribution in [3.8, 4) is 11.5 Å². The molecule has 4 rings (SSSR count). The fraction of sp³-hybridized carbons (Fsp3) is 0.200. The molecule has 0 bridgehead atoms. The van der Waals surface area contributed by atoms with Gasteiger partial charge in [0.15, 0.2) is 0 Å². The summed E-state index contributed by atoms with van der Waals surface area (Å²) in [6, 6.07) is 20.1. The molecule has 1 aliphatic rings. The predicted molar refractivity (Wildman–Crippen MR) is 135 cm³/mol. The van der Waals surface area contributed by atoms with Crippen LogP contribution in [0.4, 0.5) is 11.4 Å². The molecular formula is C25H23BrClN3O4. The van der Waals surface area contributed by atoms with Gasteiger partial charge in [-0.1, -0.05) is 29.8 Å². The largest absolute Gasteiger partial charge is 0.497 e. The average Bonchev–Trinajstić information content (AvgIpc) is 3.24. The number of halogens is 2. The first-order valence-corrected chi connectivity index (χ1v) is 11.8. The SMILES string of the molecule is COc1ccc(N2C[C@@H](C(=O)NNc3ccc(OCc4ccccc4Cl)c(Br)c3)CC2=O)cc1. The smallest absolute Gasteiger partial charge is 0.243 e. The number of amides is 2. The van der Waals surface area contributed by atoms with E-state index in [0.717, 1.165) is 15.7 Å². The number of hydrogen-bond donors (Lipinski definition) is 2. The molecule has 2 N–H and O–H groups in total. The van der Waals surface area contributed by atoms with Crippen molar-refractivity contribution >= 4 is 50.7 Å². The molecule has 2 amide bonds. The Bertz CT molecular complexity index is 1190. The lowest BCUT2D eigenvalue weighted by atomic mass is 10.1. The molecule has 3 aromatic carbocycles. The number of carbonyl (C=O) groups excluding carboxylic acids is 2. The minimum atomic E-state index is -0.455. The van der Waals surface area contributed by atoms with Crippen LogP contribution in [0.25, 0.3) is 0 Å². The van der Waals surface area contributed by atoms with Crippen LogP contribution in [0.2, 0.25) is 5.02 Å². The van der Waals surface area contributed by atoms with Crippen LogP contribution in [0.15, 0.2) is 71.2 Å². The summed E-state index contributed by atoms with van der Waals surface area (Å²) in [6.07, 6.45) is 0.151. The minimum Gasteiger partial charge on any atom is -0.497 e. The highest BCUT2D eigenvalue weighted by atomic mass is 79.9. The van der Waals surface area contributed by atoms with E-state index in [4.69, 9.17) is 21.1 Å². The number of nitrogens with zero attached hydrogens (tertiary/aromatic N) is 1. The quantitative estimate of drug-likeness (QED) is 0.382. The van der Waals surface area contributed by atoms with E-state index in [9.17, 15) is 9.59 Å². The number of carbonyl (C=O) groups is 2. The van der Waals surface area contributed by atoms with Gasteiger partial charge in [0, 0.05) is 29.2 Å². The molecule has 1 heterocycles. The van der Waals surface area contributed by atoms with Gasteiger partial charge in [0.2, 0.25) is 11.8 Å². The molecule has 0 aliphatic carbocycles. The maximum absolute atomic E-state index is 12.7. The van der Waals surface area contributed by atoms with E-state index < -0.39 is 5.92 Å². The maximum atomic E-state index is 12.7. The van der Waals surface area contributed by atoms with Gasteiger partial charge in [0.1, 0.15) is 18.1 Å². The summed E-state index contributed by atoms with van der Waals surface area (Å²) < 4.78 is 11.7. The lowest BCUT2D eigenvalue weighted by molar-refractivity contribution is -0.125. The Kier molecular flexibility index (Phi) is 7.59. The molecule has 3 aromatic rings. The number of methoxy groups -OCH3 is 1. The first kappa shape index (κ1) is 23.9. The number of benzene rings is 3. The third-order valence-corrected chi connectivity index (χ3v) is 6.47. The first-order valence-electron chi connectivity index (χ1n) is 10.6. The monoisotopic (exact) mass is 543 g/mol. The molecule has 1 atom stereocenters. The lowest BCUT2D eigenvalue weighted by Crippen LogP contribution is -2.36. The van der Waals surface area contributed by atoms with Crippen molar-refractivity contribution in [2.24, 2.45) is 5.92 Å². The second-order valence-corrected chi connectivity index (χ2v) is 9.00. The van der Waals surface area contributed by atoms with Gasteiger partial charge in [0.05, 0.1) is 23.2 Å². The summed E-state index contributed by atoms with van der Waals surface area (Å²) in [5.41, 5.74) is 7.90. The van der Waals surface area contributed by atoms with Crippen molar-refractivity contribution in [1.29, 1.82) is 0 Å². The van der Waals surface area contributed by atoms with Crippen molar-refractivity contribution in [2.45, 2.75) is 13.0 Å². The molecule has 7 nitrogen and oxygen atoms in total. The molecule has 0 spiro atoms. The standard InChI is InChI=1S/C25H23BrClN3O4/c1-33-20-9-7-19(8-10-20)30-14-17(12-24(30)31)25(32)29-28-18-6-11-23(21(26)13-18)34-15-16-4-2-3-5-22(16)27/h2-11,13,17,28H,12,14-15H2,1H3,(H,29,32)/t17-/m0/s1. The highest BCUT2D eigenvalue weighted by molar-refractivity contribution is 9.10. The van der Waals surface area contributed by atoms with Gasteiger partial charge in [-0.3, -0.25) is 20.4 Å². The fourth-order valence-corrected chi connectivity index (χ4v) is 4.28. The number of anilines is 2. The average molecular weight is 545 g/mol. The van der Waals surface area contributed by atoms with Crippen LogP contribution in [0.3, 0.4) is 0 Å². The minimum absolute atomic E-state index is 0.0897. The molecule has 9 heteroatoms. The Morgan fingerprint density at radius 3 is 2.62 bits per heavy atom. The van der Waals surface area contributed by atoms with E-state index in [-0.39, 0.29) is 18.2 Å². The second-order valence-electron chi connectivity index (χ2n) is 7.74. The molecule has 0 radical (unpaired) electrons. The molecule has 1 fully saturated rings. The summed E-state index contributed by atoms with van der Waals surface area (Å²) in [6.45, 7) is 0.652. The van der Waals surface area contributed by atoms with Crippen molar-refractivity contribution in [3.05, 3.63) is 81.8 Å². The summed E-state index contributed by atoms with van der Waals surface area (Å²) >= 11 is 9.67. The Morgan fingerprint density at radius 1 is 1.15 bits per heavy atom.